The van der Waals surface area contributed by atoms with Crippen LogP contribution in [0, 0.1) is 5.92 Å². The van der Waals surface area contributed by atoms with E-state index in [0.29, 0.717) is 31.6 Å². The van der Waals surface area contributed by atoms with E-state index in [1.807, 2.05) is 0 Å². The molecule has 0 bridgehead atoms. The Kier molecular flexibility index (Phi) is 69.6. The predicted octanol–water partition coefficient (Wildman–Crippen LogP) is 23.3. The van der Waals surface area contributed by atoms with E-state index in [9.17, 15) is 43.2 Å². The van der Waals surface area contributed by atoms with Crippen LogP contribution in [0.5, 0.6) is 0 Å². The molecule has 97 heavy (non-hydrogen) atoms. The van der Waals surface area contributed by atoms with Crippen molar-refractivity contribution in [2.24, 2.45) is 5.92 Å². The molecular formula is C78H152O17P2. The lowest BCUT2D eigenvalue weighted by Gasteiger charge is -2.21. The first kappa shape index (κ1) is 95.1. The zero-order chi connectivity index (χ0) is 71.2. The molecule has 3 N–H and O–H groups in total. The number of carbonyl (C=O) groups is 4. The Bertz CT molecular complexity index is 1860. The first-order valence-corrected chi connectivity index (χ1v) is 43.6. The SMILES string of the molecule is CCCCCCCCCCCCCCCCCCCCC(=O)O[C@H](COC(=O)CCCCCCCCCCCCCCCCC)COP(=O)(O)OC[C@@H](O)COP(=O)(O)OC[C@@H](COC(=O)CCCCCCCCCC(C)C)OC(=O)CCCCCCCCCCCCCCCC. The van der Waals surface area contributed by atoms with Crippen molar-refractivity contribution < 1.29 is 80.2 Å². The number of phosphoric acid groups is 2. The third-order valence-corrected chi connectivity index (χ3v) is 20.2. The molecule has 0 radical (unpaired) electrons. The molecule has 0 aromatic heterocycles. The van der Waals surface area contributed by atoms with Gasteiger partial charge in [0.1, 0.15) is 19.3 Å². The molecule has 0 fully saturated rings. The number of carbonyl (C=O) groups excluding carboxylic acids is 4. The van der Waals surface area contributed by atoms with E-state index in [1.54, 1.807) is 0 Å². The van der Waals surface area contributed by atoms with Crippen LogP contribution in [0.25, 0.3) is 0 Å². The van der Waals surface area contributed by atoms with Crippen molar-refractivity contribution in [1.29, 1.82) is 0 Å². The van der Waals surface area contributed by atoms with Gasteiger partial charge in [0, 0.05) is 25.7 Å². The Morgan fingerprint density at radius 2 is 0.474 bits per heavy atom. The van der Waals surface area contributed by atoms with Crippen LogP contribution in [0.2, 0.25) is 0 Å². The van der Waals surface area contributed by atoms with Crippen molar-refractivity contribution in [1.82, 2.24) is 0 Å². The van der Waals surface area contributed by atoms with Gasteiger partial charge in [-0.05, 0) is 31.6 Å². The Balaban J connectivity index is 5.24. The molecule has 17 nitrogen and oxygen atoms in total. The summed E-state index contributed by atoms with van der Waals surface area (Å²) in [7, 11) is -9.91. The Morgan fingerprint density at radius 1 is 0.278 bits per heavy atom. The van der Waals surface area contributed by atoms with Gasteiger partial charge in [-0.15, -0.1) is 0 Å². The van der Waals surface area contributed by atoms with Crippen LogP contribution in [0.4, 0.5) is 0 Å². The van der Waals surface area contributed by atoms with Gasteiger partial charge in [-0.25, -0.2) is 9.13 Å². The highest BCUT2D eigenvalue weighted by atomic mass is 31.2. The van der Waals surface area contributed by atoms with Crippen molar-refractivity contribution >= 4 is 39.5 Å². The number of esters is 4. The van der Waals surface area contributed by atoms with Crippen LogP contribution in [-0.2, 0) is 65.4 Å². The Morgan fingerprint density at radius 3 is 0.701 bits per heavy atom. The fourth-order valence-corrected chi connectivity index (χ4v) is 13.6. The van der Waals surface area contributed by atoms with Crippen LogP contribution in [-0.4, -0.2) is 96.7 Å². The quantitative estimate of drug-likeness (QED) is 0.0222. The number of unbranched alkanes of at least 4 members (excludes halogenated alkanes) is 50. The highest BCUT2D eigenvalue weighted by Crippen LogP contribution is 2.45. The Hall–Kier alpha value is -1.94. The van der Waals surface area contributed by atoms with E-state index in [-0.39, 0.29) is 25.7 Å². The molecule has 0 amide bonds. The van der Waals surface area contributed by atoms with Gasteiger partial charge in [0.15, 0.2) is 12.2 Å². The van der Waals surface area contributed by atoms with Crippen molar-refractivity contribution in [2.75, 3.05) is 39.6 Å². The number of rotatable bonds is 78. The molecule has 0 spiro atoms. The predicted molar refractivity (Wildman–Crippen MR) is 395 cm³/mol. The second kappa shape index (κ2) is 71.1. The molecule has 5 atom stereocenters. The molecule has 0 saturated carbocycles. The minimum atomic E-state index is -4.96. The zero-order valence-electron chi connectivity index (χ0n) is 63.2. The summed E-state index contributed by atoms with van der Waals surface area (Å²) in [6.07, 6.45) is 61.0. The lowest BCUT2D eigenvalue weighted by molar-refractivity contribution is -0.161. The molecule has 2 unspecified atom stereocenters. The maximum atomic E-state index is 13.1. The van der Waals surface area contributed by atoms with E-state index < -0.39 is 97.5 Å². The third kappa shape index (κ3) is 72.2. The normalized spacial score (nSPS) is 13.9. The van der Waals surface area contributed by atoms with Gasteiger partial charge in [-0.3, -0.25) is 37.3 Å². The first-order chi connectivity index (χ1) is 47.0. The van der Waals surface area contributed by atoms with Crippen LogP contribution in [0.3, 0.4) is 0 Å². The molecule has 0 heterocycles. The highest BCUT2D eigenvalue weighted by Gasteiger charge is 2.30. The van der Waals surface area contributed by atoms with Crippen molar-refractivity contribution in [3.05, 3.63) is 0 Å². The van der Waals surface area contributed by atoms with Crippen molar-refractivity contribution in [3.63, 3.8) is 0 Å². The highest BCUT2D eigenvalue weighted by molar-refractivity contribution is 7.47. The number of aliphatic hydroxyl groups excluding tert-OH is 1. The van der Waals surface area contributed by atoms with Gasteiger partial charge in [0.25, 0.3) is 0 Å². The lowest BCUT2D eigenvalue weighted by atomic mass is 10.0. The van der Waals surface area contributed by atoms with E-state index in [0.717, 1.165) is 96.3 Å². The maximum absolute atomic E-state index is 13.1. The molecule has 0 aliphatic carbocycles. The summed E-state index contributed by atoms with van der Waals surface area (Å²) in [5.41, 5.74) is 0. The standard InChI is InChI=1S/C78H152O17P2/c1-6-9-12-15-18-21-24-27-30-31-32-34-37-40-43-48-54-59-64-77(82)94-73(67-88-75(80)61-56-51-46-41-38-36-33-28-25-22-19-16-13-10-7-2)69-92-96(84,85)90-65-72(79)66-91-97(86,87)93-70-74(68-89-76(81)62-57-52-49-44-45-50-55-60-71(4)5)95-78(83)63-58-53-47-42-39-35-29-26-23-20-17-14-11-8-3/h71-74,79H,6-70H2,1-5H3,(H,84,85)(H,86,87)/t72-,73-,74-/m1/s1. The summed E-state index contributed by atoms with van der Waals surface area (Å²) < 4.78 is 68.6. The fraction of sp³-hybridized carbons (Fsp3) is 0.949. The summed E-state index contributed by atoms with van der Waals surface area (Å²) in [6, 6.07) is 0. The van der Waals surface area contributed by atoms with E-state index in [2.05, 4.69) is 34.6 Å². The smallest absolute Gasteiger partial charge is 0.462 e. The van der Waals surface area contributed by atoms with Crippen LogP contribution >= 0.6 is 15.6 Å². The monoisotopic (exact) mass is 1420 g/mol. The van der Waals surface area contributed by atoms with E-state index in [1.165, 1.54) is 231 Å². The minimum absolute atomic E-state index is 0.108. The first-order valence-electron chi connectivity index (χ1n) is 40.6. The fourth-order valence-electron chi connectivity index (χ4n) is 12.1. The maximum Gasteiger partial charge on any atom is 0.472 e. The Labute approximate surface area is 594 Å². The molecule has 576 valence electrons. The molecule has 0 aromatic carbocycles. The number of ether oxygens (including phenoxy) is 4. The van der Waals surface area contributed by atoms with E-state index >= 15 is 0 Å². The lowest BCUT2D eigenvalue weighted by Crippen LogP contribution is -2.30. The molecular weight excluding hydrogens is 1270 g/mol. The zero-order valence-corrected chi connectivity index (χ0v) is 65.0. The summed E-state index contributed by atoms with van der Waals surface area (Å²) >= 11 is 0. The summed E-state index contributed by atoms with van der Waals surface area (Å²) in [4.78, 5) is 72.9. The molecule has 0 aromatic rings. The van der Waals surface area contributed by atoms with Gasteiger partial charge in [0.2, 0.25) is 0 Å². The van der Waals surface area contributed by atoms with E-state index in [4.69, 9.17) is 37.0 Å². The van der Waals surface area contributed by atoms with Gasteiger partial charge < -0.3 is 33.8 Å². The van der Waals surface area contributed by atoms with Gasteiger partial charge in [-0.2, -0.15) is 0 Å². The van der Waals surface area contributed by atoms with Crippen molar-refractivity contribution in [2.45, 2.75) is 432 Å². The summed E-state index contributed by atoms with van der Waals surface area (Å²) in [5.74, 6) is -1.40. The largest absolute Gasteiger partial charge is 0.472 e. The average Bonchev–Trinajstić information content (AvgIpc) is 1.00. The minimum Gasteiger partial charge on any atom is -0.462 e. The topological polar surface area (TPSA) is 237 Å². The average molecular weight is 1420 g/mol. The van der Waals surface area contributed by atoms with Crippen molar-refractivity contribution in [3.8, 4) is 0 Å². The van der Waals surface area contributed by atoms with Crippen LogP contribution < -0.4 is 0 Å². The molecule has 19 heteroatoms. The van der Waals surface area contributed by atoms with Gasteiger partial charge in [0.05, 0.1) is 26.4 Å². The van der Waals surface area contributed by atoms with Gasteiger partial charge >= 0.3 is 39.5 Å². The number of phosphoric ester groups is 2. The van der Waals surface area contributed by atoms with Gasteiger partial charge in [-0.1, -0.05) is 362 Å². The van der Waals surface area contributed by atoms with Crippen LogP contribution in [0.15, 0.2) is 0 Å². The summed E-state index contributed by atoms with van der Waals surface area (Å²) in [5, 5.41) is 10.6. The molecule has 0 rings (SSSR count). The molecule has 0 aliphatic rings. The number of hydrogen-bond acceptors (Lipinski definition) is 15. The second-order valence-electron chi connectivity index (χ2n) is 28.6. The molecule has 0 aliphatic heterocycles. The van der Waals surface area contributed by atoms with Crippen LogP contribution in [0.1, 0.15) is 413 Å². The second-order valence-corrected chi connectivity index (χ2v) is 31.5. The summed E-state index contributed by atoms with van der Waals surface area (Å²) in [6.45, 7) is 7.26. The molecule has 0 saturated heterocycles. The third-order valence-electron chi connectivity index (χ3n) is 18.3. The number of aliphatic hydroxyl groups is 1. The number of hydrogen-bond donors (Lipinski definition) is 3.